The molecule has 0 spiro atoms. The van der Waals surface area contributed by atoms with E-state index in [1.807, 2.05) is 0 Å². The summed E-state index contributed by atoms with van der Waals surface area (Å²) in [5.41, 5.74) is 4.58. The first-order valence-electron chi connectivity index (χ1n) is 2.61. The number of H-pyrrole nitrogens is 1. The van der Waals surface area contributed by atoms with Crippen LogP contribution in [0.3, 0.4) is 0 Å². The fourth-order valence-electron chi connectivity index (χ4n) is 0.603. The van der Waals surface area contributed by atoms with Gasteiger partial charge in [-0.2, -0.15) is 5.10 Å². The van der Waals surface area contributed by atoms with Crippen LogP contribution < -0.4 is 5.73 Å². The molecule has 0 radical (unpaired) electrons. The summed E-state index contributed by atoms with van der Waals surface area (Å²) in [5, 5.41) is 15.5. The second-order valence-electron chi connectivity index (χ2n) is 1.74. The van der Waals surface area contributed by atoms with Crippen LogP contribution in [-0.4, -0.2) is 50.6 Å². The van der Waals surface area contributed by atoms with Crippen LogP contribution in [0, 0.1) is 10.1 Å². The molecule has 7 nitrogen and oxygen atoms in total. The molecule has 0 saturated carbocycles. The summed E-state index contributed by atoms with van der Waals surface area (Å²) < 4.78 is 0. The van der Waals surface area contributed by atoms with Gasteiger partial charge in [-0.05, 0) is 4.92 Å². The topological polar surface area (TPSA) is 115 Å². The first-order valence-corrected chi connectivity index (χ1v) is 2.61. The number of aromatic nitrogens is 2. The molecule has 1 rings (SSSR count). The van der Waals surface area contributed by atoms with Crippen LogP contribution >= 0.6 is 0 Å². The molecule has 0 saturated heterocycles. The number of primary amides is 1. The molecule has 1 amide bonds. The van der Waals surface area contributed by atoms with Crippen molar-refractivity contribution in [2.45, 2.75) is 0 Å². The number of amides is 1. The summed E-state index contributed by atoms with van der Waals surface area (Å²) in [7, 11) is 0. The second kappa shape index (κ2) is 4.19. The Morgan fingerprint density at radius 1 is 1.75 bits per heavy atom. The maximum atomic E-state index is 10.4. The molecule has 0 atom stereocenters. The van der Waals surface area contributed by atoms with Crippen molar-refractivity contribution in [1.29, 1.82) is 0 Å². The Bertz CT molecular complexity index is 281. The Labute approximate surface area is 88.8 Å². The van der Waals surface area contributed by atoms with Gasteiger partial charge < -0.3 is 15.8 Å². The van der Waals surface area contributed by atoms with Crippen molar-refractivity contribution < 1.29 is 9.72 Å². The van der Waals surface area contributed by atoms with Crippen molar-refractivity contribution in [2.24, 2.45) is 5.73 Å². The Morgan fingerprint density at radius 3 is 2.67 bits per heavy atom. The molecule has 8 heteroatoms. The molecule has 12 heavy (non-hydrogen) atoms. The Balaban J connectivity index is 0.00000121. The van der Waals surface area contributed by atoms with Gasteiger partial charge in [-0.15, -0.1) is 0 Å². The Morgan fingerprint density at radius 2 is 2.33 bits per heavy atom. The van der Waals surface area contributed by atoms with Crippen LogP contribution in [0.15, 0.2) is 6.20 Å². The van der Waals surface area contributed by atoms with Crippen molar-refractivity contribution in [3.8, 4) is 0 Å². The van der Waals surface area contributed by atoms with E-state index in [1.165, 1.54) is 0 Å². The third-order valence-corrected chi connectivity index (χ3v) is 1.06. The summed E-state index contributed by atoms with van der Waals surface area (Å²) >= 11 is 0. The summed E-state index contributed by atoms with van der Waals surface area (Å²) in [5.74, 6) is -1.41. The minimum atomic E-state index is -0.870. The van der Waals surface area contributed by atoms with Crippen LogP contribution in [-0.2, 0) is 0 Å². The molecule has 0 unspecified atom stereocenters. The number of aromatic amines is 1. The normalized spacial score (nSPS) is 8.67. The van der Waals surface area contributed by atoms with Crippen LogP contribution in [0.5, 0.6) is 0 Å². The second-order valence-corrected chi connectivity index (χ2v) is 1.74. The van der Waals surface area contributed by atoms with Gasteiger partial charge in [0.1, 0.15) is 0 Å². The van der Waals surface area contributed by atoms with Gasteiger partial charge in [0.15, 0.2) is 5.56 Å². The molecular weight excluding hydrogens is 175 g/mol. The summed E-state index contributed by atoms with van der Waals surface area (Å²) in [4.78, 5) is 19.8. The predicted octanol–water partition coefficient (Wildman–Crippen LogP) is -1.23. The van der Waals surface area contributed by atoms with E-state index in [9.17, 15) is 14.9 Å². The molecule has 3 N–H and O–H groups in total. The number of nitrogens with one attached hydrogen (secondary N) is 1. The zero-order valence-corrected chi connectivity index (χ0v) is 5.27. The van der Waals surface area contributed by atoms with E-state index in [-0.39, 0.29) is 35.1 Å². The van der Waals surface area contributed by atoms with Crippen molar-refractivity contribution in [1.82, 2.24) is 10.2 Å². The number of hydrogen-bond acceptors (Lipinski definition) is 4. The van der Waals surface area contributed by atoms with Gasteiger partial charge >= 0.3 is 35.4 Å². The molecule has 1 heterocycles. The minimum absolute atomic E-state index is 0. The van der Waals surface area contributed by atoms with Crippen molar-refractivity contribution in [3.63, 3.8) is 0 Å². The van der Waals surface area contributed by atoms with E-state index in [1.54, 1.807) is 0 Å². The van der Waals surface area contributed by atoms with Crippen LogP contribution in [0.25, 0.3) is 0 Å². The average molecular weight is 180 g/mol. The first kappa shape index (κ1) is 11.1. The Kier molecular flexibility index (Phi) is 3.87. The molecule has 0 fully saturated rings. The van der Waals surface area contributed by atoms with Gasteiger partial charge in [0.05, 0.1) is 11.3 Å². The molecule has 0 bridgehead atoms. The third-order valence-electron chi connectivity index (χ3n) is 1.06. The van der Waals surface area contributed by atoms with Gasteiger partial charge in [0, 0.05) is 0 Å². The molecule has 1 aromatic heterocycles. The molecule has 60 valence electrons. The van der Waals surface area contributed by atoms with Gasteiger partial charge in [0.2, 0.25) is 0 Å². The van der Waals surface area contributed by atoms with E-state index in [0.717, 1.165) is 6.20 Å². The first-order chi connectivity index (χ1) is 5.13. The van der Waals surface area contributed by atoms with Gasteiger partial charge in [0.25, 0.3) is 5.91 Å². The number of nitrogens with two attached hydrogens (primary N) is 1. The Hall–Kier alpha value is -0.920. The zero-order chi connectivity index (χ0) is 8.43. The average Bonchev–Trinajstić information content (AvgIpc) is 2.32. The SMILES string of the molecule is NC(=O)c1c[nH]nc1[N+](=O)[O-].[NaH]. The van der Waals surface area contributed by atoms with Crippen molar-refractivity contribution in [2.75, 3.05) is 0 Å². The van der Waals surface area contributed by atoms with E-state index in [2.05, 4.69) is 10.2 Å². The number of rotatable bonds is 2. The van der Waals surface area contributed by atoms with Crippen LogP contribution in [0.2, 0.25) is 0 Å². The van der Waals surface area contributed by atoms with E-state index < -0.39 is 16.6 Å². The molecule has 0 aliphatic carbocycles. The van der Waals surface area contributed by atoms with Crippen molar-refractivity contribution >= 4 is 41.3 Å². The number of carbonyl (C=O) groups excluding carboxylic acids is 1. The fraction of sp³-hybridized carbons (Fsp3) is 0. The summed E-state index contributed by atoms with van der Waals surface area (Å²) in [6, 6.07) is 0. The van der Waals surface area contributed by atoms with Crippen LogP contribution in [0.4, 0.5) is 5.82 Å². The van der Waals surface area contributed by atoms with Crippen molar-refractivity contribution in [3.05, 3.63) is 21.9 Å². The molecule has 0 aliphatic heterocycles. The number of carbonyl (C=O) groups is 1. The quantitative estimate of drug-likeness (QED) is 0.336. The van der Waals surface area contributed by atoms with Gasteiger partial charge in [-0.25, -0.2) is 0 Å². The van der Waals surface area contributed by atoms with Gasteiger partial charge in [-0.1, -0.05) is 0 Å². The molecule has 0 aromatic carbocycles. The van der Waals surface area contributed by atoms with Crippen LogP contribution in [0.1, 0.15) is 10.4 Å². The molecule has 0 aliphatic rings. The predicted molar refractivity (Wildman–Crippen MR) is 40.9 cm³/mol. The van der Waals surface area contributed by atoms with Gasteiger partial charge in [-0.3, -0.25) is 4.79 Å². The summed E-state index contributed by atoms with van der Waals surface area (Å²) in [6.45, 7) is 0. The molecule has 1 aromatic rings. The van der Waals surface area contributed by atoms with E-state index in [0.29, 0.717) is 0 Å². The number of hydrogen-bond donors (Lipinski definition) is 2. The fourth-order valence-corrected chi connectivity index (χ4v) is 0.603. The van der Waals surface area contributed by atoms with E-state index >= 15 is 0 Å². The summed E-state index contributed by atoms with van der Waals surface area (Å²) in [6.07, 6.45) is 1.08. The third kappa shape index (κ3) is 2.03. The van der Waals surface area contributed by atoms with E-state index in [4.69, 9.17) is 5.73 Å². The molecular formula is C4H5N4NaO3. The number of nitro groups is 1. The number of nitrogens with zero attached hydrogens (tertiary/aromatic N) is 2. The monoisotopic (exact) mass is 180 g/mol. The zero-order valence-electron chi connectivity index (χ0n) is 5.27. The standard InChI is InChI=1S/C4H4N4O3.Na.H/c5-3(9)2-1-6-7-4(2)8(10)11;;/h1H,(H2,5,9)(H,6,7);;. The maximum absolute atomic E-state index is 10.4.